The van der Waals surface area contributed by atoms with Crippen molar-refractivity contribution < 1.29 is 0 Å². The Morgan fingerprint density at radius 3 is 2.08 bits per heavy atom. The molecule has 0 bridgehead atoms. The Labute approximate surface area is 76.9 Å². The molecule has 0 aromatic rings. The second kappa shape index (κ2) is 3.78. The summed E-state index contributed by atoms with van der Waals surface area (Å²) in [5.74, 6) is 0.934. The lowest BCUT2D eigenvalue weighted by molar-refractivity contribution is 0.298. The van der Waals surface area contributed by atoms with Crippen molar-refractivity contribution in [3.8, 4) is 0 Å². The predicted molar refractivity (Wildman–Crippen MR) is 54.3 cm³/mol. The summed E-state index contributed by atoms with van der Waals surface area (Å²) in [7, 11) is 0. The highest BCUT2D eigenvalue weighted by Gasteiger charge is 2.24. The third-order valence-electron chi connectivity index (χ3n) is 2.77. The second-order valence-corrected chi connectivity index (χ2v) is 5.23. The van der Waals surface area contributed by atoms with Gasteiger partial charge in [-0.1, -0.05) is 12.8 Å². The molecule has 0 radical (unpaired) electrons. The lowest BCUT2D eigenvalue weighted by Crippen LogP contribution is -2.45. The van der Waals surface area contributed by atoms with Gasteiger partial charge in [-0.2, -0.15) is 0 Å². The van der Waals surface area contributed by atoms with Crippen LogP contribution >= 0.6 is 0 Å². The maximum atomic E-state index is 3.66. The van der Waals surface area contributed by atoms with Crippen LogP contribution in [0.2, 0.25) is 0 Å². The summed E-state index contributed by atoms with van der Waals surface area (Å²) in [4.78, 5) is 0. The molecule has 1 fully saturated rings. The summed E-state index contributed by atoms with van der Waals surface area (Å²) in [5.41, 5.74) is 0.280. The van der Waals surface area contributed by atoms with E-state index in [9.17, 15) is 0 Å². The van der Waals surface area contributed by atoms with Gasteiger partial charge in [0.1, 0.15) is 0 Å². The Hall–Kier alpha value is -0.0400. The van der Waals surface area contributed by atoms with Crippen molar-refractivity contribution in [2.75, 3.05) is 0 Å². The van der Waals surface area contributed by atoms with Crippen LogP contribution in [0.1, 0.15) is 53.4 Å². The first-order valence-electron chi connectivity index (χ1n) is 5.27. The molecular formula is C11H23N. The van der Waals surface area contributed by atoms with Crippen molar-refractivity contribution in [1.82, 2.24) is 5.32 Å². The number of hydrogen-bond donors (Lipinski definition) is 1. The van der Waals surface area contributed by atoms with Gasteiger partial charge in [-0.15, -0.1) is 0 Å². The maximum Gasteiger partial charge on any atom is 0.00990 e. The SMILES string of the molecule is C[C@@H](NC(C)(C)C)C1CCCC1. The van der Waals surface area contributed by atoms with E-state index in [1.165, 1.54) is 25.7 Å². The molecule has 0 unspecified atom stereocenters. The summed E-state index contributed by atoms with van der Waals surface area (Å²) in [6, 6.07) is 0.701. The van der Waals surface area contributed by atoms with Gasteiger partial charge in [-0.25, -0.2) is 0 Å². The minimum absolute atomic E-state index is 0.280. The van der Waals surface area contributed by atoms with E-state index in [1.54, 1.807) is 0 Å². The van der Waals surface area contributed by atoms with Gasteiger partial charge in [0.25, 0.3) is 0 Å². The lowest BCUT2D eigenvalue weighted by Gasteiger charge is -2.29. The van der Waals surface area contributed by atoms with Gasteiger partial charge in [0, 0.05) is 11.6 Å². The molecule has 0 heterocycles. The molecule has 1 heteroatoms. The van der Waals surface area contributed by atoms with E-state index in [2.05, 4.69) is 33.0 Å². The minimum atomic E-state index is 0.280. The van der Waals surface area contributed by atoms with Crippen molar-refractivity contribution in [3.63, 3.8) is 0 Å². The Kier molecular flexibility index (Phi) is 3.16. The van der Waals surface area contributed by atoms with Gasteiger partial charge < -0.3 is 5.32 Å². The molecule has 1 atom stereocenters. The molecule has 1 aliphatic carbocycles. The fraction of sp³-hybridized carbons (Fsp3) is 1.00. The summed E-state index contributed by atoms with van der Waals surface area (Å²) in [6.45, 7) is 9.08. The van der Waals surface area contributed by atoms with Gasteiger partial charge in [0.15, 0.2) is 0 Å². The minimum Gasteiger partial charge on any atom is -0.309 e. The highest BCUT2D eigenvalue weighted by Crippen LogP contribution is 2.28. The first kappa shape index (κ1) is 10.0. The molecule has 12 heavy (non-hydrogen) atoms. The highest BCUT2D eigenvalue weighted by molar-refractivity contribution is 4.82. The van der Waals surface area contributed by atoms with Crippen molar-refractivity contribution in [2.24, 2.45) is 5.92 Å². The van der Waals surface area contributed by atoms with Crippen LogP contribution < -0.4 is 5.32 Å². The fourth-order valence-electron chi connectivity index (χ4n) is 2.26. The zero-order valence-electron chi connectivity index (χ0n) is 8.98. The molecule has 0 aliphatic heterocycles. The van der Waals surface area contributed by atoms with E-state index < -0.39 is 0 Å². The van der Waals surface area contributed by atoms with Gasteiger partial charge in [-0.3, -0.25) is 0 Å². The summed E-state index contributed by atoms with van der Waals surface area (Å²) >= 11 is 0. The van der Waals surface area contributed by atoms with E-state index in [1.807, 2.05) is 0 Å². The van der Waals surface area contributed by atoms with Crippen LogP contribution in [0.4, 0.5) is 0 Å². The molecule has 1 rings (SSSR count). The predicted octanol–water partition coefficient (Wildman–Crippen LogP) is 2.95. The first-order chi connectivity index (χ1) is 5.49. The Morgan fingerprint density at radius 1 is 1.17 bits per heavy atom. The normalized spacial score (nSPS) is 23.0. The Bertz CT molecular complexity index is 128. The average Bonchev–Trinajstić information content (AvgIpc) is 2.32. The van der Waals surface area contributed by atoms with E-state index in [-0.39, 0.29) is 5.54 Å². The average molecular weight is 169 g/mol. The van der Waals surface area contributed by atoms with Crippen molar-refractivity contribution >= 4 is 0 Å². The van der Waals surface area contributed by atoms with E-state index in [0.717, 1.165) is 5.92 Å². The van der Waals surface area contributed by atoms with Gasteiger partial charge in [0.2, 0.25) is 0 Å². The van der Waals surface area contributed by atoms with Crippen molar-refractivity contribution in [3.05, 3.63) is 0 Å². The summed E-state index contributed by atoms with van der Waals surface area (Å²) in [5, 5.41) is 3.66. The quantitative estimate of drug-likeness (QED) is 0.670. The third-order valence-corrected chi connectivity index (χ3v) is 2.77. The largest absolute Gasteiger partial charge is 0.309 e. The number of rotatable bonds is 2. The molecule has 0 aromatic heterocycles. The van der Waals surface area contributed by atoms with Crippen LogP contribution in [0.3, 0.4) is 0 Å². The molecule has 0 saturated heterocycles. The third kappa shape index (κ3) is 3.14. The van der Waals surface area contributed by atoms with Crippen LogP contribution in [0, 0.1) is 5.92 Å². The molecule has 1 saturated carbocycles. The first-order valence-corrected chi connectivity index (χ1v) is 5.27. The molecule has 1 aliphatic rings. The molecule has 0 spiro atoms. The molecule has 0 aromatic carbocycles. The van der Waals surface area contributed by atoms with Gasteiger partial charge in [-0.05, 0) is 46.5 Å². The van der Waals surface area contributed by atoms with Crippen LogP contribution in [0.5, 0.6) is 0 Å². The molecule has 1 nitrogen and oxygen atoms in total. The van der Waals surface area contributed by atoms with Crippen molar-refractivity contribution in [2.45, 2.75) is 65.0 Å². The summed E-state index contributed by atoms with van der Waals surface area (Å²) in [6.07, 6.45) is 5.76. The molecule has 0 amide bonds. The van der Waals surface area contributed by atoms with Crippen LogP contribution in [-0.2, 0) is 0 Å². The maximum absolute atomic E-state index is 3.66. The van der Waals surface area contributed by atoms with Crippen LogP contribution in [0.25, 0.3) is 0 Å². The summed E-state index contributed by atoms with van der Waals surface area (Å²) < 4.78 is 0. The van der Waals surface area contributed by atoms with Crippen LogP contribution in [0.15, 0.2) is 0 Å². The van der Waals surface area contributed by atoms with E-state index in [0.29, 0.717) is 6.04 Å². The zero-order chi connectivity index (χ0) is 9.19. The van der Waals surface area contributed by atoms with Gasteiger partial charge in [0.05, 0.1) is 0 Å². The Balaban J connectivity index is 2.31. The van der Waals surface area contributed by atoms with Crippen molar-refractivity contribution in [1.29, 1.82) is 0 Å². The molecular weight excluding hydrogens is 146 g/mol. The standard InChI is InChI=1S/C11H23N/c1-9(12-11(2,3)4)10-7-5-6-8-10/h9-10,12H,5-8H2,1-4H3/t9-/m1/s1. The van der Waals surface area contributed by atoms with E-state index >= 15 is 0 Å². The highest BCUT2D eigenvalue weighted by atomic mass is 15.0. The zero-order valence-corrected chi connectivity index (χ0v) is 8.98. The second-order valence-electron chi connectivity index (χ2n) is 5.23. The molecule has 1 N–H and O–H groups in total. The van der Waals surface area contributed by atoms with E-state index in [4.69, 9.17) is 0 Å². The molecule has 72 valence electrons. The number of nitrogens with one attached hydrogen (secondary N) is 1. The van der Waals surface area contributed by atoms with Gasteiger partial charge >= 0.3 is 0 Å². The smallest absolute Gasteiger partial charge is 0.00990 e. The Morgan fingerprint density at radius 2 is 1.67 bits per heavy atom. The topological polar surface area (TPSA) is 12.0 Å². The lowest BCUT2D eigenvalue weighted by atomic mass is 9.96. The number of hydrogen-bond acceptors (Lipinski definition) is 1. The van der Waals surface area contributed by atoms with Crippen LogP contribution in [-0.4, -0.2) is 11.6 Å². The fourth-order valence-corrected chi connectivity index (χ4v) is 2.26. The monoisotopic (exact) mass is 169 g/mol.